The van der Waals surface area contributed by atoms with Crippen molar-refractivity contribution in [1.29, 1.82) is 5.26 Å². The van der Waals surface area contributed by atoms with Crippen LogP contribution in [0.2, 0.25) is 0 Å². The minimum absolute atomic E-state index is 0.0396. The summed E-state index contributed by atoms with van der Waals surface area (Å²) in [7, 11) is 5.53. The van der Waals surface area contributed by atoms with Crippen LogP contribution in [0.4, 0.5) is 26.7 Å². The summed E-state index contributed by atoms with van der Waals surface area (Å²) in [4.78, 5) is 103. The zero-order valence-corrected chi connectivity index (χ0v) is 61.0. The summed E-state index contributed by atoms with van der Waals surface area (Å²) in [5.41, 5.74) is 17.0. The quantitative estimate of drug-likeness (QED) is 0.0207. The van der Waals surface area contributed by atoms with Gasteiger partial charge < -0.3 is 75.1 Å². The number of alkyl carbamates (subject to hydrolysis) is 1. The second-order valence-corrected chi connectivity index (χ2v) is 28.7. The summed E-state index contributed by atoms with van der Waals surface area (Å²) in [6, 6.07) is 34.9. The second-order valence-electron chi connectivity index (χ2n) is 28.7. The van der Waals surface area contributed by atoms with Gasteiger partial charge in [0.25, 0.3) is 11.8 Å². The molecule has 24 nitrogen and oxygen atoms in total. The highest BCUT2D eigenvalue weighted by atomic mass is 16.6. The van der Waals surface area contributed by atoms with Gasteiger partial charge in [-0.25, -0.2) is 9.59 Å². The van der Waals surface area contributed by atoms with Crippen molar-refractivity contribution in [3.8, 4) is 28.8 Å². The van der Waals surface area contributed by atoms with Gasteiger partial charge in [0.15, 0.2) is 0 Å². The van der Waals surface area contributed by atoms with E-state index in [1.165, 1.54) is 17.7 Å². The van der Waals surface area contributed by atoms with Crippen LogP contribution >= 0.6 is 0 Å². The number of ether oxygens (including phenoxy) is 3. The number of nitriles is 1. The number of hydrogen-bond acceptors (Lipinski definition) is 13. The summed E-state index contributed by atoms with van der Waals surface area (Å²) in [5.74, 6) is -1.24. The first kappa shape index (κ1) is 75.2. The fourth-order valence-electron chi connectivity index (χ4n) is 14.0. The number of phenols is 1. The normalized spacial score (nSPS) is 15.4. The number of primary amides is 1. The Hall–Kier alpha value is -10.5. The second kappa shape index (κ2) is 32.7. The van der Waals surface area contributed by atoms with E-state index in [2.05, 4.69) is 57.8 Å². The van der Waals surface area contributed by atoms with Crippen LogP contribution in [0.5, 0.6) is 11.5 Å². The topological polar surface area (TPSA) is 297 Å². The Balaban J connectivity index is 0.817. The average molecular weight is 1410 g/mol. The van der Waals surface area contributed by atoms with Gasteiger partial charge in [-0.1, -0.05) is 56.3 Å². The fraction of sp³-hybridized carbons (Fsp3) is 0.418. The first-order valence-corrected chi connectivity index (χ1v) is 35.4. The van der Waals surface area contributed by atoms with E-state index in [0.717, 1.165) is 46.5 Å². The minimum atomic E-state index is -1.03. The first-order chi connectivity index (χ1) is 49.1. The number of anilines is 3. The fourth-order valence-corrected chi connectivity index (χ4v) is 14.0. The molecule has 0 radical (unpaired) electrons. The summed E-state index contributed by atoms with van der Waals surface area (Å²) in [6.07, 6.45) is 1.10. The third-order valence-corrected chi connectivity index (χ3v) is 20.0. The number of carbonyl (C=O) groups is 7. The molecule has 2 aromatic heterocycles. The predicted octanol–water partition coefficient (Wildman–Crippen LogP) is 9.48. The standard InChI is InChI=1S/C79H97N13O11/c1-49(2)72(86-78(100)103-79(6,7)8)74(96)85-68(17-14-29-83-77(81)99)73(95)84-60-21-20-57(58(39-60)45-82-9)48-92(31-34-101-35-32-92)33-36-102-64-26-18-53(19-27-64)38-71(94)89-30-28-55-40-66(67(41-59(55)46-89)75(97)90-47-56-16-13-12-15-54(56)37-50(90)3)70-43-65(51(4)88(70)11)76(98)91(61-22-24-63(93)25-23-61)69-42-62(44-80)87(10)52(69)5/h12-13,15-16,18-27,39-43,49-50,68,72,82H,14,17,28-38,45-48H2,1-11H3,(H6-,81,83,84,85,86,93,95,96,99,100)/p+1/t50-,68+,72+/m1/s1. The molecule has 0 spiro atoms. The third kappa shape index (κ3) is 18.1. The molecular weight excluding hydrogens is 1310 g/mol. The van der Waals surface area contributed by atoms with Crippen LogP contribution in [0.3, 0.4) is 0 Å². The Bertz CT molecular complexity index is 4330. The molecule has 5 aromatic carbocycles. The molecule has 103 heavy (non-hydrogen) atoms. The van der Waals surface area contributed by atoms with Gasteiger partial charge in [-0.15, -0.1) is 0 Å². The molecule has 10 rings (SSSR count). The number of rotatable bonds is 25. The lowest BCUT2D eigenvalue weighted by Crippen LogP contribution is -2.56. The van der Waals surface area contributed by atoms with Crippen LogP contribution in [-0.2, 0) is 83.4 Å². The summed E-state index contributed by atoms with van der Waals surface area (Å²) in [6.45, 7) is 20.8. The van der Waals surface area contributed by atoms with Crippen molar-refractivity contribution in [2.75, 3.05) is 69.8 Å². The number of hydrogen-bond donors (Lipinski definition) is 7. The Morgan fingerprint density at radius 3 is 2.20 bits per heavy atom. The van der Waals surface area contributed by atoms with Gasteiger partial charge in [-0.05, 0) is 186 Å². The van der Waals surface area contributed by atoms with Gasteiger partial charge in [0.1, 0.15) is 73.7 Å². The Labute approximate surface area is 603 Å². The third-order valence-electron chi connectivity index (χ3n) is 20.0. The molecule has 7 aromatic rings. The van der Waals surface area contributed by atoms with Gasteiger partial charge in [0.05, 0.1) is 30.9 Å². The van der Waals surface area contributed by atoms with E-state index in [9.17, 15) is 34.3 Å². The lowest BCUT2D eigenvalue weighted by atomic mass is 9.89. The molecule has 0 unspecified atom stereocenters. The molecule has 1 fully saturated rings. The van der Waals surface area contributed by atoms with E-state index in [0.29, 0.717) is 145 Å². The number of morpholine rings is 1. The van der Waals surface area contributed by atoms with E-state index in [1.807, 2.05) is 109 Å². The van der Waals surface area contributed by atoms with Gasteiger partial charge in [0, 0.05) is 98.0 Å². The maximum atomic E-state index is 15.4. The van der Waals surface area contributed by atoms with Crippen LogP contribution in [0.25, 0.3) is 11.3 Å². The number of urea groups is 1. The molecule has 0 saturated carbocycles. The van der Waals surface area contributed by atoms with Crippen LogP contribution in [0.15, 0.2) is 115 Å². The van der Waals surface area contributed by atoms with Gasteiger partial charge in [-0.2, -0.15) is 5.26 Å². The molecule has 8 N–H and O–H groups in total. The summed E-state index contributed by atoms with van der Waals surface area (Å²) >= 11 is 0. The van der Waals surface area contributed by atoms with Gasteiger partial charge >= 0.3 is 12.1 Å². The lowest BCUT2D eigenvalue weighted by molar-refractivity contribution is -0.947. The van der Waals surface area contributed by atoms with Crippen LogP contribution in [0, 0.1) is 31.1 Å². The lowest BCUT2D eigenvalue weighted by Gasteiger charge is -2.41. The Morgan fingerprint density at radius 1 is 0.816 bits per heavy atom. The highest BCUT2D eigenvalue weighted by molar-refractivity contribution is 6.13. The average Bonchev–Trinajstić information content (AvgIpc) is 1.66. The number of carbonyl (C=O) groups excluding carboxylic acids is 7. The number of fused-ring (bicyclic) bond motifs is 2. The van der Waals surface area contributed by atoms with Crippen LogP contribution in [0.1, 0.15) is 131 Å². The van der Waals surface area contributed by atoms with Crippen molar-refractivity contribution < 1.29 is 57.4 Å². The predicted molar refractivity (Wildman–Crippen MR) is 393 cm³/mol. The van der Waals surface area contributed by atoms with E-state index in [1.54, 1.807) is 69.3 Å². The number of benzene rings is 5. The molecule has 8 amide bonds. The molecule has 0 bridgehead atoms. The largest absolute Gasteiger partial charge is 0.508 e. The van der Waals surface area contributed by atoms with Crippen molar-refractivity contribution >= 4 is 58.7 Å². The molecule has 3 aliphatic heterocycles. The van der Waals surface area contributed by atoms with Crippen molar-refractivity contribution in [2.45, 2.75) is 137 Å². The number of aromatic nitrogens is 2. The van der Waals surface area contributed by atoms with E-state index in [-0.39, 0.29) is 54.8 Å². The number of phenolic OH excluding ortho intramolecular Hbond substituents is 1. The Morgan fingerprint density at radius 2 is 1.53 bits per heavy atom. The maximum absolute atomic E-state index is 15.4. The first-order valence-electron chi connectivity index (χ1n) is 35.4. The van der Waals surface area contributed by atoms with Gasteiger partial charge in [-0.3, -0.25) is 28.9 Å². The molecule has 0 aliphatic carbocycles. The molecule has 24 heteroatoms. The summed E-state index contributed by atoms with van der Waals surface area (Å²) in [5, 5.41) is 34.6. The molecular formula is C79H98N13O11+. The van der Waals surface area contributed by atoms with Crippen molar-refractivity contribution in [3.63, 3.8) is 0 Å². The zero-order chi connectivity index (χ0) is 74.0. The number of quaternary nitrogens is 1. The smallest absolute Gasteiger partial charge is 0.408 e. The van der Waals surface area contributed by atoms with Crippen molar-refractivity contribution in [1.82, 2.24) is 40.2 Å². The highest BCUT2D eigenvalue weighted by Gasteiger charge is 2.37. The van der Waals surface area contributed by atoms with Crippen LogP contribution in [-0.4, -0.2) is 154 Å². The zero-order valence-electron chi connectivity index (χ0n) is 61.0. The van der Waals surface area contributed by atoms with Crippen LogP contribution < -0.4 is 42.0 Å². The molecule has 1 saturated heterocycles. The molecule has 3 aliphatic rings. The van der Waals surface area contributed by atoms with Crippen molar-refractivity contribution in [3.05, 3.63) is 182 Å². The highest BCUT2D eigenvalue weighted by Crippen LogP contribution is 2.39. The molecule has 5 heterocycles. The van der Waals surface area contributed by atoms with E-state index in [4.69, 9.17) is 19.9 Å². The van der Waals surface area contributed by atoms with E-state index < -0.39 is 41.6 Å². The Kier molecular flexibility index (Phi) is 23.8. The number of aromatic hydroxyl groups is 1. The summed E-state index contributed by atoms with van der Waals surface area (Å²) < 4.78 is 22.1. The number of amides is 8. The molecule has 544 valence electrons. The minimum Gasteiger partial charge on any atom is -0.508 e. The van der Waals surface area contributed by atoms with Crippen molar-refractivity contribution in [2.24, 2.45) is 25.7 Å². The van der Waals surface area contributed by atoms with E-state index >= 15 is 9.59 Å². The maximum Gasteiger partial charge on any atom is 0.408 e. The number of nitrogens with one attached hydrogen (secondary N) is 5. The molecule has 3 atom stereocenters. The number of nitrogens with zero attached hydrogens (tertiary/aromatic N) is 7. The SMILES string of the molecule is CNCc1cc(NC(=O)[C@H](CCCNC(N)=O)NC(=O)[C@@H](NC(=O)OC(C)(C)C)C(C)C)ccc1C[N+]1(CCOc2ccc(CC(=O)N3CCc4cc(-c5cc(C(=O)N(c6ccc(O)cc6)c6cc(C#N)n(C)c6C)c(C)n5C)c(C(=O)N5Cc6ccccc6C[C@H]5C)cc4C3)cc2)CCOCC1. The number of nitrogens with two attached hydrogens (primary N) is 1. The van der Waals surface area contributed by atoms with Gasteiger partial charge in [0.2, 0.25) is 17.7 Å². The monoisotopic (exact) mass is 1400 g/mol.